The molecule has 0 saturated carbocycles. The molecule has 4 aromatic rings. The minimum absolute atomic E-state index is 0.104. The summed E-state index contributed by atoms with van der Waals surface area (Å²) in [6.45, 7) is 6.55. The van der Waals surface area contributed by atoms with Gasteiger partial charge in [-0.3, -0.25) is 15.0 Å². The summed E-state index contributed by atoms with van der Waals surface area (Å²) >= 11 is 5.90. The number of benzene rings is 1. The van der Waals surface area contributed by atoms with Crippen LogP contribution >= 0.6 is 11.6 Å². The molecule has 9 heteroatoms. The summed E-state index contributed by atoms with van der Waals surface area (Å²) in [6, 6.07) is 8.66. The van der Waals surface area contributed by atoms with E-state index in [1.807, 2.05) is 24.4 Å². The first-order chi connectivity index (χ1) is 16.3. The van der Waals surface area contributed by atoms with E-state index < -0.39 is 11.6 Å². The smallest absolute Gasteiger partial charge is 0.144 e. The van der Waals surface area contributed by atoms with Gasteiger partial charge in [0.15, 0.2) is 0 Å². The zero-order chi connectivity index (χ0) is 24.0. The minimum atomic E-state index is -0.815. The van der Waals surface area contributed by atoms with E-state index in [2.05, 4.69) is 45.9 Å². The summed E-state index contributed by atoms with van der Waals surface area (Å²) in [6.07, 6.45) is 4.62. The van der Waals surface area contributed by atoms with E-state index in [0.29, 0.717) is 29.0 Å². The van der Waals surface area contributed by atoms with Crippen LogP contribution in [0, 0.1) is 11.6 Å². The van der Waals surface area contributed by atoms with Crippen LogP contribution in [0.2, 0.25) is 5.02 Å². The van der Waals surface area contributed by atoms with Crippen molar-refractivity contribution in [1.82, 2.24) is 25.1 Å². The van der Waals surface area contributed by atoms with Gasteiger partial charge in [0.1, 0.15) is 17.3 Å². The molecular weight excluding hydrogens is 458 g/mol. The Morgan fingerprint density at radius 2 is 1.94 bits per heavy atom. The van der Waals surface area contributed by atoms with Crippen molar-refractivity contribution in [2.24, 2.45) is 0 Å². The number of hydrogen-bond acceptors (Lipinski definition) is 5. The Kier molecular flexibility index (Phi) is 5.95. The molecule has 0 bridgehead atoms. The monoisotopic (exact) mass is 482 g/mol. The zero-order valence-corrected chi connectivity index (χ0v) is 19.9. The van der Waals surface area contributed by atoms with Gasteiger partial charge in [-0.2, -0.15) is 5.10 Å². The zero-order valence-electron chi connectivity index (χ0n) is 19.2. The van der Waals surface area contributed by atoms with Crippen LogP contribution in [0.15, 0.2) is 42.7 Å². The molecule has 0 amide bonds. The van der Waals surface area contributed by atoms with Gasteiger partial charge in [-0.05, 0) is 44.5 Å². The Balaban J connectivity index is 1.49. The molecule has 6 nitrogen and oxygen atoms in total. The maximum Gasteiger partial charge on any atom is 0.144 e. The van der Waals surface area contributed by atoms with Gasteiger partial charge in [0, 0.05) is 55.6 Å². The van der Waals surface area contributed by atoms with Gasteiger partial charge in [-0.25, -0.2) is 13.8 Å². The second kappa shape index (κ2) is 8.92. The van der Waals surface area contributed by atoms with Gasteiger partial charge in [0.25, 0.3) is 0 Å². The van der Waals surface area contributed by atoms with Gasteiger partial charge in [-0.15, -0.1) is 0 Å². The van der Waals surface area contributed by atoms with Crippen LogP contribution in [0.4, 0.5) is 14.5 Å². The van der Waals surface area contributed by atoms with Crippen LogP contribution < -0.4 is 4.90 Å². The van der Waals surface area contributed by atoms with Gasteiger partial charge in [0.2, 0.25) is 0 Å². The van der Waals surface area contributed by atoms with Crippen molar-refractivity contribution in [1.29, 1.82) is 0 Å². The molecule has 1 aliphatic rings. The first-order valence-corrected chi connectivity index (χ1v) is 11.6. The molecular formula is C25H25ClF2N6. The molecule has 1 aromatic carbocycles. The number of nitrogens with zero attached hydrogens (tertiary/aromatic N) is 5. The normalized spacial score (nSPS) is 16.6. The number of pyridine rings is 2. The highest BCUT2D eigenvalue weighted by Gasteiger charge is 2.27. The predicted octanol–water partition coefficient (Wildman–Crippen LogP) is 5.54. The van der Waals surface area contributed by atoms with Crippen LogP contribution in [0.25, 0.3) is 33.5 Å². The van der Waals surface area contributed by atoms with Crippen LogP contribution in [0.5, 0.6) is 0 Å². The molecule has 0 spiro atoms. The minimum Gasteiger partial charge on any atom is -0.369 e. The molecule has 0 aliphatic carbocycles. The summed E-state index contributed by atoms with van der Waals surface area (Å²) in [5.74, 6) is -1.56. The second-order valence-electron chi connectivity index (χ2n) is 8.96. The fraction of sp³-hybridized carbons (Fsp3) is 0.320. The van der Waals surface area contributed by atoms with E-state index in [-0.39, 0.29) is 10.6 Å². The average Bonchev–Trinajstić information content (AvgIpc) is 3.50. The lowest BCUT2D eigenvalue weighted by Gasteiger charge is -2.27. The van der Waals surface area contributed by atoms with Crippen LogP contribution in [0.3, 0.4) is 0 Å². The number of halogens is 3. The number of hydrogen-bond donors (Lipinski definition) is 1. The molecule has 1 saturated heterocycles. The van der Waals surface area contributed by atoms with E-state index in [1.54, 1.807) is 6.20 Å². The third kappa shape index (κ3) is 4.12. The van der Waals surface area contributed by atoms with Crippen molar-refractivity contribution in [3.63, 3.8) is 0 Å². The standard InChI is InChI=1S/C25H25ClF2N6/c1-14(2)34-7-6-15(13-34)33(3)16-8-24-23(29-11-16)5-4-22(31-24)18-12-30-32-25(18)17-9-19(26)21(28)10-20(17)27/h4-5,8-12,14-15H,6-7,13H2,1-3H3,(H,30,32). The number of aromatic nitrogens is 4. The third-order valence-electron chi connectivity index (χ3n) is 6.58. The Bertz CT molecular complexity index is 1350. The van der Waals surface area contributed by atoms with E-state index >= 15 is 0 Å². The fourth-order valence-electron chi connectivity index (χ4n) is 4.50. The van der Waals surface area contributed by atoms with E-state index in [1.165, 1.54) is 6.07 Å². The fourth-order valence-corrected chi connectivity index (χ4v) is 4.66. The second-order valence-corrected chi connectivity index (χ2v) is 9.37. The maximum atomic E-state index is 14.5. The summed E-state index contributed by atoms with van der Waals surface area (Å²) in [7, 11) is 2.09. The van der Waals surface area contributed by atoms with Crippen molar-refractivity contribution in [3.8, 4) is 22.5 Å². The van der Waals surface area contributed by atoms with Crippen molar-refractivity contribution in [2.75, 3.05) is 25.0 Å². The van der Waals surface area contributed by atoms with Crippen LogP contribution in [0.1, 0.15) is 20.3 Å². The molecule has 5 rings (SSSR count). The highest BCUT2D eigenvalue weighted by molar-refractivity contribution is 6.31. The number of rotatable bonds is 5. The average molecular weight is 483 g/mol. The number of likely N-dealkylation sites (tertiary alicyclic amines) is 1. The molecule has 4 heterocycles. The lowest BCUT2D eigenvalue weighted by Crippen LogP contribution is -2.36. The molecule has 3 aromatic heterocycles. The molecule has 34 heavy (non-hydrogen) atoms. The summed E-state index contributed by atoms with van der Waals surface area (Å²) in [5, 5.41) is 6.77. The molecule has 176 valence electrons. The highest BCUT2D eigenvalue weighted by atomic mass is 35.5. The SMILES string of the molecule is CC(C)N1CCC(N(C)c2cnc3ccc(-c4c[nH]nc4-c4cc(Cl)c(F)cc4F)nc3c2)C1. The molecule has 0 radical (unpaired) electrons. The van der Waals surface area contributed by atoms with Gasteiger partial charge in [-0.1, -0.05) is 11.6 Å². The summed E-state index contributed by atoms with van der Waals surface area (Å²) in [4.78, 5) is 14.1. The first kappa shape index (κ1) is 22.7. The molecule has 1 unspecified atom stereocenters. The number of H-pyrrole nitrogens is 1. The maximum absolute atomic E-state index is 14.5. The van der Waals surface area contributed by atoms with Crippen molar-refractivity contribution >= 4 is 28.3 Å². The molecule has 1 aliphatic heterocycles. The largest absolute Gasteiger partial charge is 0.369 e. The number of anilines is 1. The lowest BCUT2D eigenvalue weighted by atomic mass is 10.0. The third-order valence-corrected chi connectivity index (χ3v) is 6.87. The van der Waals surface area contributed by atoms with Gasteiger partial charge < -0.3 is 4.90 Å². The van der Waals surface area contributed by atoms with E-state index in [9.17, 15) is 8.78 Å². The molecule has 1 fully saturated rings. The lowest BCUT2D eigenvalue weighted by molar-refractivity contribution is 0.272. The van der Waals surface area contributed by atoms with Crippen molar-refractivity contribution in [2.45, 2.75) is 32.4 Å². The number of fused-ring (bicyclic) bond motifs is 1. The quantitative estimate of drug-likeness (QED) is 0.378. The predicted molar refractivity (Wildman–Crippen MR) is 131 cm³/mol. The number of nitrogens with one attached hydrogen (secondary N) is 1. The first-order valence-electron chi connectivity index (χ1n) is 11.2. The van der Waals surface area contributed by atoms with Gasteiger partial charge >= 0.3 is 0 Å². The van der Waals surface area contributed by atoms with Crippen molar-refractivity contribution in [3.05, 3.63) is 59.4 Å². The van der Waals surface area contributed by atoms with Crippen LogP contribution in [-0.2, 0) is 0 Å². The molecule has 1 atom stereocenters. The van der Waals surface area contributed by atoms with Crippen LogP contribution in [-0.4, -0.2) is 57.3 Å². The Morgan fingerprint density at radius 3 is 2.71 bits per heavy atom. The highest BCUT2D eigenvalue weighted by Crippen LogP contribution is 2.34. The Morgan fingerprint density at radius 1 is 1.12 bits per heavy atom. The number of aromatic amines is 1. The molecule has 1 N–H and O–H groups in total. The Hall–Kier alpha value is -3.10. The summed E-state index contributed by atoms with van der Waals surface area (Å²) < 4.78 is 28.2. The summed E-state index contributed by atoms with van der Waals surface area (Å²) in [5.41, 5.74) is 4.09. The topological polar surface area (TPSA) is 60.9 Å². The number of likely N-dealkylation sites (N-methyl/N-ethyl adjacent to an activating group) is 1. The Labute approximate surface area is 201 Å². The van der Waals surface area contributed by atoms with E-state index in [4.69, 9.17) is 16.6 Å². The van der Waals surface area contributed by atoms with E-state index in [0.717, 1.165) is 42.3 Å². The van der Waals surface area contributed by atoms with Gasteiger partial charge in [0.05, 0.1) is 33.6 Å². The van der Waals surface area contributed by atoms with Crippen molar-refractivity contribution < 1.29 is 8.78 Å².